The van der Waals surface area contributed by atoms with Crippen LogP contribution in [0, 0.1) is 11.3 Å². The van der Waals surface area contributed by atoms with Gasteiger partial charge in [-0.1, -0.05) is 12.1 Å². The number of fused-ring (bicyclic) bond motifs is 1. The summed E-state index contributed by atoms with van der Waals surface area (Å²) in [4.78, 5) is 19.3. The molecule has 0 aliphatic carbocycles. The molecular formula is C19H19N5O. The molecule has 2 aromatic heterocycles. The molecule has 1 amide bonds. The largest absolute Gasteiger partial charge is 0.345 e. The van der Waals surface area contributed by atoms with Crippen LogP contribution in [0.4, 0.5) is 0 Å². The van der Waals surface area contributed by atoms with Crippen molar-refractivity contribution in [3.63, 3.8) is 0 Å². The molecule has 1 atom stereocenters. The molecule has 3 heterocycles. The molecule has 0 bridgehead atoms. The van der Waals surface area contributed by atoms with Crippen LogP contribution in [0.1, 0.15) is 34.9 Å². The normalized spacial score (nSPS) is 17.6. The van der Waals surface area contributed by atoms with E-state index in [2.05, 4.69) is 21.7 Å². The molecule has 1 aromatic carbocycles. The number of carbonyl (C=O) groups excluding carboxylic acids is 1. The minimum atomic E-state index is -0.0156. The number of aromatic nitrogens is 3. The van der Waals surface area contributed by atoms with Crippen LogP contribution in [0.3, 0.4) is 0 Å². The first kappa shape index (κ1) is 15.5. The van der Waals surface area contributed by atoms with Gasteiger partial charge in [-0.05, 0) is 31.0 Å². The Morgan fingerprint density at radius 1 is 1.36 bits per heavy atom. The number of imidazole rings is 1. The summed E-state index contributed by atoms with van der Waals surface area (Å²) in [5.41, 5.74) is 3.16. The Balaban J connectivity index is 1.59. The van der Waals surface area contributed by atoms with Crippen LogP contribution in [-0.4, -0.2) is 38.0 Å². The lowest BCUT2D eigenvalue weighted by Crippen LogP contribution is -2.41. The smallest absolute Gasteiger partial charge is 0.270 e. The van der Waals surface area contributed by atoms with Crippen LogP contribution in [0.5, 0.6) is 0 Å². The molecule has 1 fully saturated rings. The highest BCUT2D eigenvalue weighted by molar-refractivity contribution is 5.93. The fraction of sp³-hybridized carbons (Fsp3) is 0.316. The molecule has 0 N–H and O–H groups in total. The topological polar surface area (TPSA) is 66.8 Å². The molecule has 6 heteroatoms. The summed E-state index contributed by atoms with van der Waals surface area (Å²) in [7, 11) is 1.80. The number of piperidine rings is 1. The van der Waals surface area contributed by atoms with Gasteiger partial charge in [-0.25, -0.2) is 4.98 Å². The second kappa shape index (κ2) is 6.10. The first-order chi connectivity index (χ1) is 12.2. The van der Waals surface area contributed by atoms with Crippen molar-refractivity contribution in [2.45, 2.75) is 18.9 Å². The van der Waals surface area contributed by atoms with Crippen molar-refractivity contribution in [1.29, 1.82) is 5.26 Å². The molecule has 4 rings (SSSR count). The van der Waals surface area contributed by atoms with E-state index in [1.54, 1.807) is 23.9 Å². The number of carbonyl (C=O) groups is 1. The number of rotatable bonds is 2. The highest BCUT2D eigenvalue weighted by atomic mass is 16.2. The maximum atomic E-state index is 12.9. The number of hydrogen-bond donors (Lipinski definition) is 0. The summed E-state index contributed by atoms with van der Waals surface area (Å²) in [5, 5.41) is 9.04. The van der Waals surface area contributed by atoms with Crippen LogP contribution in [0.2, 0.25) is 0 Å². The van der Waals surface area contributed by atoms with Crippen LogP contribution in [0.25, 0.3) is 11.0 Å². The van der Waals surface area contributed by atoms with E-state index in [-0.39, 0.29) is 11.9 Å². The summed E-state index contributed by atoms with van der Waals surface area (Å²) < 4.78 is 3.91. The minimum Gasteiger partial charge on any atom is -0.345 e. The van der Waals surface area contributed by atoms with E-state index in [0.29, 0.717) is 17.8 Å². The molecule has 3 aromatic rings. The lowest BCUT2D eigenvalue weighted by Gasteiger charge is -2.33. The van der Waals surface area contributed by atoms with Gasteiger partial charge in [-0.3, -0.25) is 4.79 Å². The molecule has 25 heavy (non-hydrogen) atoms. The molecule has 126 valence electrons. The maximum Gasteiger partial charge on any atom is 0.270 e. The van der Waals surface area contributed by atoms with Gasteiger partial charge in [-0.2, -0.15) is 5.26 Å². The molecule has 1 aliphatic heterocycles. The van der Waals surface area contributed by atoms with E-state index < -0.39 is 0 Å². The molecule has 0 radical (unpaired) electrons. The van der Waals surface area contributed by atoms with E-state index in [4.69, 9.17) is 5.26 Å². The zero-order valence-electron chi connectivity index (χ0n) is 14.1. The SMILES string of the molecule is Cn1cc(C#N)cc1C(=O)N1CCCC(n2cnc3ccccc32)C1. The van der Waals surface area contributed by atoms with Gasteiger partial charge in [0.25, 0.3) is 5.91 Å². The second-order valence-corrected chi connectivity index (χ2v) is 6.52. The number of nitriles is 1. The number of benzene rings is 1. The van der Waals surface area contributed by atoms with Crippen LogP contribution in [-0.2, 0) is 7.05 Å². The molecule has 6 nitrogen and oxygen atoms in total. The highest BCUT2D eigenvalue weighted by Gasteiger charge is 2.27. The van der Waals surface area contributed by atoms with Gasteiger partial charge in [0, 0.05) is 26.3 Å². The highest BCUT2D eigenvalue weighted by Crippen LogP contribution is 2.26. The van der Waals surface area contributed by atoms with Crippen molar-refractivity contribution in [2.75, 3.05) is 13.1 Å². The van der Waals surface area contributed by atoms with Gasteiger partial charge >= 0.3 is 0 Å². The van der Waals surface area contributed by atoms with Crippen LogP contribution < -0.4 is 0 Å². The third-order valence-corrected chi connectivity index (χ3v) is 4.91. The monoisotopic (exact) mass is 333 g/mol. The van der Waals surface area contributed by atoms with Gasteiger partial charge in [0.2, 0.25) is 0 Å². The summed E-state index contributed by atoms with van der Waals surface area (Å²) >= 11 is 0. The summed E-state index contributed by atoms with van der Waals surface area (Å²) in [6.07, 6.45) is 5.55. The number of hydrogen-bond acceptors (Lipinski definition) is 3. The Labute approximate surface area is 145 Å². The fourth-order valence-corrected chi connectivity index (χ4v) is 3.64. The van der Waals surface area contributed by atoms with Crippen molar-refractivity contribution in [1.82, 2.24) is 19.0 Å². The van der Waals surface area contributed by atoms with E-state index in [1.165, 1.54) is 0 Å². The van der Waals surface area contributed by atoms with Crippen molar-refractivity contribution < 1.29 is 4.79 Å². The number of para-hydroxylation sites is 2. The molecule has 0 spiro atoms. The molecule has 0 saturated carbocycles. The lowest BCUT2D eigenvalue weighted by atomic mass is 10.0. The average Bonchev–Trinajstić information content (AvgIpc) is 3.24. The minimum absolute atomic E-state index is 0.0156. The third-order valence-electron chi connectivity index (χ3n) is 4.91. The predicted octanol–water partition coefficient (Wildman–Crippen LogP) is 2.72. The molecular weight excluding hydrogens is 314 g/mol. The van der Waals surface area contributed by atoms with Gasteiger partial charge in [0.05, 0.1) is 29.0 Å². The average molecular weight is 333 g/mol. The number of likely N-dealkylation sites (tertiary alicyclic amines) is 1. The summed E-state index contributed by atoms with van der Waals surface area (Å²) in [6, 6.07) is 12.1. The number of amides is 1. The molecule has 1 saturated heterocycles. The van der Waals surface area contributed by atoms with Crippen molar-refractivity contribution in [2.24, 2.45) is 7.05 Å². The van der Waals surface area contributed by atoms with E-state index in [1.807, 2.05) is 29.4 Å². The van der Waals surface area contributed by atoms with Gasteiger partial charge in [-0.15, -0.1) is 0 Å². The Morgan fingerprint density at radius 3 is 3.00 bits per heavy atom. The Kier molecular flexibility index (Phi) is 3.77. The molecule has 1 unspecified atom stereocenters. The maximum absolute atomic E-state index is 12.9. The Bertz CT molecular complexity index is 977. The summed E-state index contributed by atoms with van der Waals surface area (Å²) in [5.74, 6) is -0.0156. The Morgan fingerprint density at radius 2 is 2.20 bits per heavy atom. The van der Waals surface area contributed by atoms with Gasteiger partial charge < -0.3 is 14.0 Å². The lowest BCUT2D eigenvalue weighted by molar-refractivity contribution is 0.0671. The zero-order chi connectivity index (χ0) is 17.4. The number of aryl methyl sites for hydroxylation is 1. The fourth-order valence-electron chi connectivity index (χ4n) is 3.64. The number of nitrogens with zero attached hydrogens (tertiary/aromatic N) is 5. The van der Waals surface area contributed by atoms with Gasteiger partial charge in [0.1, 0.15) is 11.8 Å². The standard InChI is InChI=1S/C19H19N5O/c1-22-11-14(10-20)9-18(22)19(25)23-8-4-5-15(12-23)24-13-21-16-6-2-3-7-17(16)24/h2-3,6-7,9,11,13,15H,4-5,8,12H2,1H3. The van der Waals surface area contributed by atoms with E-state index in [9.17, 15) is 4.79 Å². The summed E-state index contributed by atoms with van der Waals surface area (Å²) in [6.45, 7) is 1.40. The first-order valence-electron chi connectivity index (χ1n) is 8.44. The third kappa shape index (κ3) is 2.68. The van der Waals surface area contributed by atoms with Crippen molar-refractivity contribution >= 4 is 16.9 Å². The van der Waals surface area contributed by atoms with E-state index >= 15 is 0 Å². The zero-order valence-corrected chi connectivity index (χ0v) is 14.1. The molecule has 1 aliphatic rings. The predicted molar refractivity (Wildman–Crippen MR) is 94.0 cm³/mol. The van der Waals surface area contributed by atoms with Crippen LogP contribution >= 0.6 is 0 Å². The second-order valence-electron chi connectivity index (χ2n) is 6.52. The Hall–Kier alpha value is -3.07. The van der Waals surface area contributed by atoms with Crippen LogP contribution in [0.15, 0.2) is 42.9 Å². The quantitative estimate of drug-likeness (QED) is 0.724. The first-order valence-corrected chi connectivity index (χ1v) is 8.44. The van der Waals surface area contributed by atoms with Gasteiger partial charge in [0.15, 0.2) is 0 Å². The van der Waals surface area contributed by atoms with Crippen molar-refractivity contribution in [3.8, 4) is 6.07 Å². The van der Waals surface area contributed by atoms with Crippen molar-refractivity contribution in [3.05, 3.63) is 54.1 Å². The van der Waals surface area contributed by atoms with E-state index in [0.717, 1.165) is 30.4 Å².